The van der Waals surface area contributed by atoms with Crippen LogP contribution in [0.15, 0.2) is 30.5 Å². The first kappa shape index (κ1) is 13.1. The summed E-state index contributed by atoms with van der Waals surface area (Å²) in [6, 6.07) is 7.88. The van der Waals surface area contributed by atoms with Crippen LogP contribution in [0.3, 0.4) is 0 Å². The minimum Gasteiger partial charge on any atom is -0.474 e. The molecule has 0 fully saturated rings. The van der Waals surface area contributed by atoms with Crippen molar-refractivity contribution in [1.82, 2.24) is 10.3 Å². The SMILES string of the molecule is CC(C)(CNC(=O)C(=O)O)c1c[nH]c2ccccc12. The van der Waals surface area contributed by atoms with Gasteiger partial charge in [-0.05, 0) is 11.6 Å². The summed E-state index contributed by atoms with van der Waals surface area (Å²) >= 11 is 0. The first-order valence-corrected chi connectivity index (χ1v) is 5.99. The van der Waals surface area contributed by atoms with Crippen molar-refractivity contribution in [2.45, 2.75) is 19.3 Å². The molecule has 0 radical (unpaired) electrons. The lowest BCUT2D eigenvalue weighted by molar-refractivity contribution is -0.150. The van der Waals surface area contributed by atoms with Gasteiger partial charge < -0.3 is 15.4 Å². The normalized spacial score (nSPS) is 11.5. The van der Waals surface area contributed by atoms with E-state index in [9.17, 15) is 9.59 Å². The molecule has 0 bridgehead atoms. The topological polar surface area (TPSA) is 82.2 Å². The summed E-state index contributed by atoms with van der Waals surface area (Å²) in [5.74, 6) is -2.44. The predicted octanol–water partition coefficient (Wildman–Crippen LogP) is 1.65. The molecule has 2 aromatic rings. The van der Waals surface area contributed by atoms with Crippen molar-refractivity contribution in [2.75, 3.05) is 6.54 Å². The number of fused-ring (bicyclic) bond motifs is 1. The summed E-state index contributed by atoms with van der Waals surface area (Å²) < 4.78 is 0. The van der Waals surface area contributed by atoms with Gasteiger partial charge in [0.15, 0.2) is 0 Å². The Bertz CT molecular complexity index is 628. The van der Waals surface area contributed by atoms with E-state index in [1.54, 1.807) is 0 Å². The minimum absolute atomic E-state index is 0.264. The highest BCUT2D eigenvalue weighted by Crippen LogP contribution is 2.29. The number of H-pyrrole nitrogens is 1. The molecule has 1 aromatic heterocycles. The number of carboxylic acid groups (broad SMARTS) is 1. The van der Waals surface area contributed by atoms with Crippen LogP contribution in [-0.4, -0.2) is 28.5 Å². The fourth-order valence-corrected chi connectivity index (χ4v) is 2.10. The number of nitrogens with one attached hydrogen (secondary N) is 2. The second kappa shape index (κ2) is 4.76. The Morgan fingerprint density at radius 1 is 1.32 bits per heavy atom. The van der Waals surface area contributed by atoms with E-state index in [4.69, 9.17) is 5.11 Å². The number of aliphatic carboxylic acids is 1. The van der Waals surface area contributed by atoms with E-state index < -0.39 is 11.9 Å². The molecule has 0 spiro atoms. The number of carboxylic acids is 1. The highest BCUT2D eigenvalue weighted by molar-refractivity contribution is 6.31. The van der Waals surface area contributed by atoms with E-state index in [0.717, 1.165) is 16.5 Å². The number of carbonyl (C=O) groups excluding carboxylic acids is 1. The van der Waals surface area contributed by atoms with Crippen molar-refractivity contribution in [2.24, 2.45) is 0 Å². The number of hydrogen-bond acceptors (Lipinski definition) is 2. The van der Waals surface area contributed by atoms with E-state index >= 15 is 0 Å². The maximum atomic E-state index is 11.1. The van der Waals surface area contributed by atoms with Gasteiger partial charge in [-0.2, -0.15) is 0 Å². The van der Waals surface area contributed by atoms with Crippen LogP contribution in [0.5, 0.6) is 0 Å². The van der Waals surface area contributed by atoms with Gasteiger partial charge in [0.25, 0.3) is 0 Å². The molecule has 0 aliphatic carbocycles. The van der Waals surface area contributed by atoms with E-state index in [-0.39, 0.29) is 12.0 Å². The molecular weight excluding hydrogens is 244 g/mol. The van der Waals surface area contributed by atoms with Crippen LogP contribution in [0, 0.1) is 0 Å². The Morgan fingerprint density at radius 3 is 2.68 bits per heavy atom. The second-order valence-corrected chi connectivity index (χ2v) is 5.12. The number of aromatic amines is 1. The number of rotatable bonds is 3. The largest absolute Gasteiger partial charge is 0.474 e. The lowest BCUT2D eigenvalue weighted by Gasteiger charge is -2.24. The Morgan fingerprint density at radius 2 is 2.00 bits per heavy atom. The molecule has 0 saturated heterocycles. The smallest absolute Gasteiger partial charge is 0.394 e. The molecule has 0 atom stereocenters. The third-order valence-corrected chi connectivity index (χ3v) is 3.20. The van der Waals surface area contributed by atoms with Gasteiger partial charge in [0.2, 0.25) is 0 Å². The summed E-state index contributed by atoms with van der Waals surface area (Å²) in [4.78, 5) is 24.8. The van der Waals surface area contributed by atoms with E-state index in [1.807, 2.05) is 44.3 Å². The molecule has 0 aliphatic heterocycles. The molecular formula is C14H16N2O3. The highest BCUT2D eigenvalue weighted by Gasteiger charge is 2.25. The molecule has 1 amide bonds. The zero-order valence-corrected chi connectivity index (χ0v) is 10.9. The van der Waals surface area contributed by atoms with Crippen molar-refractivity contribution in [3.8, 4) is 0 Å². The van der Waals surface area contributed by atoms with E-state index in [1.165, 1.54) is 0 Å². The molecule has 1 heterocycles. The lowest BCUT2D eigenvalue weighted by atomic mass is 9.84. The van der Waals surface area contributed by atoms with Gasteiger partial charge in [-0.15, -0.1) is 0 Å². The molecule has 5 nitrogen and oxygen atoms in total. The van der Waals surface area contributed by atoms with Gasteiger partial charge in [0.1, 0.15) is 0 Å². The van der Waals surface area contributed by atoms with Crippen molar-refractivity contribution in [1.29, 1.82) is 0 Å². The van der Waals surface area contributed by atoms with Gasteiger partial charge in [-0.25, -0.2) is 4.79 Å². The van der Waals surface area contributed by atoms with Gasteiger partial charge in [-0.3, -0.25) is 4.79 Å². The number of hydrogen-bond donors (Lipinski definition) is 3. The maximum absolute atomic E-state index is 11.1. The van der Waals surface area contributed by atoms with Crippen LogP contribution in [0.1, 0.15) is 19.4 Å². The van der Waals surface area contributed by atoms with Crippen molar-refractivity contribution in [3.63, 3.8) is 0 Å². The van der Waals surface area contributed by atoms with Crippen LogP contribution in [0.2, 0.25) is 0 Å². The number of amides is 1. The first-order chi connectivity index (χ1) is 8.92. The van der Waals surface area contributed by atoms with Gasteiger partial charge in [-0.1, -0.05) is 32.0 Å². The number of para-hydroxylation sites is 1. The monoisotopic (exact) mass is 260 g/mol. The fraction of sp³-hybridized carbons (Fsp3) is 0.286. The Hall–Kier alpha value is -2.30. The number of benzene rings is 1. The van der Waals surface area contributed by atoms with Crippen LogP contribution in [0.4, 0.5) is 0 Å². The van der Waals surface area contributed by atoms with Crippen LogP contribution in [0.25, 0.3) is 10.9 Å². The summed E-state index contributed by atoms with van der Waals surface area (Å²) in [6.45, 7) is 4.19. The first-order valence-electron chi connectivity index (χ1n) is 5.99. The van der Waals surface area contributed by atoms with Gasteiger partial charge in [0.05, 0.1) is 0 Å². The third kappa shape index (κ3) is 2.59. The average molecular weight is 260 g/mol. The third-order valence-electron chi connectivity index (χ3n) is 3.20. The number of carbonyl (C=O) groups is 2. The predicted molar refractivity (Wildman–Crippen MR) is 72.0 cm³/mol. The minimum atomic E-state index is -1.46. The quantitative estimate of drug-likeness (QED) is 0.734. The second-order valence-electron chi connectivity index (χ2n) is 5.12. The molecule has 0 aliphatic rings. The Balaban J connectivity index is 2.24. The number of aromatic nitrogens is 1. The molecule has 0 saturated carbocycles. The van der Waals surface area contributed by atoms with E-state index in [2.05, 4.69) is 10.3 Å². The molecule has 2 rings (SSSR count). The summed E-state index contributed by atoms with van der Waals surface area (Å²) in [6.07, 6.45) is 1.90. The average Bonchev–Trinajstić information content (AvgIpc) is 2.80. The van der Waals surface area contributed by atoms with Crippen LogP contribution < -0.4 is 5.32 Å². The molecule has 3 N–H and O–H groups in total. The fourth-order valence-electron chi connectivity index (χ4n) is 2.10. The molecule has 5 heteroatoms. The standard InChI is InChI=1S/C14H16N2O3/c1-14(2,8-16-12(17)13(18)19)10-7-15-11-6-4-3-5-9(10)11/h3-7,15H,8H2,1-2H3,(H,16,17)(H,18,19). The molecule has 0 unspecified atom stereocenters. The Labute approximate surface area is 110 Å². The van der Waals surface area contributed by atoms with Crippen molar-refractivity contribution in [3.05, 3.63) is 36.0 Å². The molecule has 1 aromatic carbocycles. The van der Waals surface area contributed by atoms with Crippen molar-refractivity contribution >= 4 is 22.8 Å². The van der Waals surface area contributed by atoms with Gasteiger partial charge in [0, 0.05) is 29.1 Å². The van der Waals surface area contributed by atoms with E-state index in [0.29, 0.717) is 0 Å². The molecule has 19 heavy (non-hydrogen) atoms. The summed E-state index contributed by atoms with van der Waals surface area (Å²) in [7, 11) is 0. The Kier molecular flexibility index (Phi) is 3.29. The maximum Gasteiger partial charge on any atom is 0.394 e. The summed E-state index contributed by atoms with van der Waals surface area (Å²) in [5.41, 5.74) is 1.72. The highest BCUT2D eigenvalue weighted by atomic mass is 16.4. The lowest BCUT2D eigenvalue weighted by Crippen LogP contribution is -2.39. The van der Waals surface area contributed by atoms with Crippen LogP contribution >= 0.6 is 0 Å². The van der Waals surface area contributed by atoms with Crippen LogP contribution in [-0.2, 0) is 15.0 Å². The van der Waals surface area contributed by atoms with Crippen molar-refractivity contribution < 1.29 is 14.7 Å². The summed E-state index contributed by atoms with van der Waals surface area (Å²) in [5, 5.41) is 12.1. The zero-order chi connectivity index (χ0) is 14.0. The van der Waals surface area contributed by atoms with Gasteiger partial charge >= 0.3 is 11.9 Å². The molecule has 100 valence electrons. The zero-order valence-electron chi connectivity index (χ0n) is 10.9.